The average molecular weight is 389 g/mol. The molecule has 0 bridgehead atoms. The molecule has 0 radical (unpaired) electrons. The van der Waals surface area contributed by atoms with Gasteiger partial charge in [0.25, 0.3) is 5.91 Å². The highest BCUT2D eigenvalue weighted by Crippen LogP contribution is 2.34. The molecule has 0 unspecified atom stereocenters. The zero-order chi connectivity index (χ0) is 20.7. The quantitative estimate of drug-likeness (QED) is 0.741. The second-order valence-electron chi connectivity index (χ2n) is 7.39. The summed E-state index contributed by atoms with van der Waals surface area (Å²) in [6, 6.07) is 7.42. The van der Waals surface area contributed by atoms with Gasteiger partial charge in [-0.3, -0.25) is 19.7 Å². The van der Waals surface area contributed by atoms with Crippen LogP contribution in [0.25, 0.3) is 10.9 Å². The Morgan fingerprint density at radius 1 is 1.07 bits per heavy atom. The van der Waals surface area contributed by atoms with Crippen LogP contribution in [0.1, 0.15) is 27.2 Å². The van der Waals surface area contributed by atoms with Crippen molar-refractivity contribution in [2.24, 2.45) is 0 Å². The number of para-hydroxylation sites is 1. The van der Waals surface area contributed by atoms with E-state index in [0.29, 0.717) is 35.6 Å². The minimum Gasteiger partial charge on any atom is -0.326 e. The van der Waals surface area contributed by atoms with Crippen LogP contribution in [0.3, 0.4) is 0 Å². The van der Waals surface area contributed by atoms with E-state index in [1.807, 2.05) is 45.0 Å². The summed E-state index contributed by atoms with van der Waals surface area (Å²) in [5, 5.41) is 3.82. The topological polar surface area (TPSA) is 78.4 Å². The van der Waals surface area contributed by atoms with Gasteiger partial charge in [0.2, 0.25) is 0 Å². The normalized spacial score (nSPS) is 14.0. The molecule has 0 spiro atoms. The first kappa shape index (κ1) is 18.9. The highest BCUT2D eigenvalue weighted by atomic mass is 16.2. The number of aryl methyl sites for hydroxylation is 3. The summed E-state index contributed by atoms with van der Waals surface area (Å²) in [6.07, 6.45) is 3.44. The van der Waals surface area contributed by atoms with Crippen LogP contribution in [-0.2, 0) is 0 Å². The van der Waals surface area contributed by atoms with Crippen LogP contribution in [0, 0.1) is 20.8 Å². The van der Waals surface area contributed by atoms with Crippen LogP contribution in [-0.4, -0.2) is 46.9 Å². The van der Waals surface area contributed by atoms with Crippen molar-refractivity contribution >= 4 is 34.2 Å². The van der Waals surface area contributed by atoms with E-state index in [2.05, 4.69) is 15.3 Å². The summed E-state index contributed by atoms with van der Waals surface area (Å²) in [6.45, 7) is 6.96. The molecule has 7 nitrogen and oxygen atoms in total. The minimum absolute atomic E-state index is 0.0309. The number of nitrogens with one attached hydrogen (secondary N) is 1. The number of benzene rings is 1. The second kappa shape index (κ2) is 7.16. The zero-order valence-electron chi connectivity index (χ0n) is 17.0. The summed E-state index contributed by atoms with van der Waals surface area (Å²) >= 11 is 0. The fourth-order valence-corrected chi connectivity index (χ4v) is 3.84. The highest BCUT2D eigenvalue weighted by Gasteiger charge is 2.29. The first-order chi connectivity index (χ1) is 13.9. The van der Waals surface area contributed by atoms with Crippen LogP contribution >= 0.6 is 0 Å². The first-order valence-electron chi connectivity index (χ1n) is 9.53. The molecule has 1 fully saturated rings. The van der Waals surface area contributed by atoms with E-state index >= 15 is 0 Å². The largest absolute Gasteiger partial charge is 0.326 e. The van der Waals surface area contributed by atoms with Gasteiger partial charge in [0, 0.05) is 37.9 Å². The molecule has 148 valence electrons. The summed E-state index contributed by atoms with van der Waals surface area (Å²) in [4.78, 5) is 37.8. The number of likely N-dealkylation sites (N-methyl/N-ethyl adjacent to an activating group) is 1. The fraction of sp³-hybridized carbons (Fsp3) is 0.273. The number of nitrogens with zero attached hydrogens (tertiary/aromatic N) is 4. The van der Waals surface area contributed by atoms with Gasteiger partial charge in [0.1, 0.15) is 0 Å². The molecule has 4 rings (SSSR count). The Morgan fingerprint density at radius 3 is 2.55 bits per heavy atom. The lowest BCUT2D eigenvalue weighted by atomic mass is 10.1. The summed E-state index contributed by atoms with van der Waals surface area (Å²) in [5.41, 5.74) is 5.13. The van der Waals surface area contributed by atoms with Crippen LogP contribution < -0.4 is 10.2 Å². The number of amides is 3. The minimum atomic E-state index is -0.221. The second-order valence-corrected chi connectivity index (χ2v) is 7.39. The number of anilines is 2. The number of pyridine rings is 2. The molecule has 0 saturated carbocycles. The van der Waals surface area contributed by atoms with Gasteiger partial charge in [0.15, 0.2) is 0 Å². The maximum absolute atomic E-state index is 13.0. The molecule has 1 aliphatic heterocycles. The first-order valence-corrected chi connectivity index (χ1v) is 9.53. The van der Waals surface area contributed by atoms with E-state index in [4.69, 9.17) is 0 Å². The van der Waals surface area contributed by atoms with Gasteiger partial charge in [0.05, 0.1) is 28.1 Å². The Morgan fingerprint density at radius 2 is 1.86 bits per heavy atom. The van der Waals surface area contributed by atoms with Crippen molar-refractivity contribution < 1.29 is 9.59 Å². The molecule has 7 heteroatoms. The molecular weight excluding hydrogens is 366 g/mol. The van der Waals surface area contributed by atoms with E-state index in [9.17, 15) is 9.59 Å². The van der Waals surface area contributed by atoms with Crippen molar-refractivity contribution in [1.82, 2.24) is 14.9 Å². The van der Waals surface area contributed by atoms with E-state index < -0.39 is 0 Å². The van der Waals surface area contributed by atoms with Crippen molar-refractivity contribution in [2.45, 2.75) is 20.8 Å². The summed E-state index contributed by atoms with van der Waals surface area (Å²) in [5.74, 6) is -0.221. The monoisotopic (exact) mass is 389 g/mol. The lowest BCUT2D eigenvalue weighted by Crippen LogP contribution is -2.30. The SMILES string of the molecule is Cc1ccnc(C)c1C(=O)Nc1cccc2c(N3CCN(C)C3=O)c(C)cnc12. The van der Waals surface area contributed by atoms with Gasteiger partial charge in [-0.05, 0) is 44.0 Å². The standard InChI is InChI=1S/C22H23N5O2/c1-13-8-9-23-15(3)18(13)21(28)25-17-7-5-6-16-19(17)24-12-14(2)20(16)27-11-10-26(4)22(27)29/h5-9,12H,10-11H2,1-4H3,(H,25,28). The molecule has 29 heavy (non-hydrogen) atoms. The molecule has 3 heterocycles. The molecule has 1 saturated heterocycles. The molecule has 3 amide bonds. The van der Waals surface area contributed by atoms with Gasteiger partial charge < -0.3 is 10.2 Å². The van der Waals surface area contributed by atoms with Crippen molar-refractivity contribution in [3.05, 3.63) is 59.0 Å². The van der Waals surface area contributed by atoms with Crippen molar-refractivity contribution in [1.29, 1.82) is 0 Å². The van der Waals surface area contributed by atoms with E-state index in [0.717, 1.165) is 22.2 Å². The smallest absolute Gasteiger partial charge is 0.324 e. The van der Waals surface area contributed by atoms with Crippen molar-refractivity contribution in [3.63, 3.8) is 0 Å². The van der Waals surface area contributed by atoms with Crippen molar-refractivity contribution in [3.8, 4) is 0 Å². The number of urea groups is 1. The van der Waals surface area contributed by atoms with Gasteiger partial charge in [-0.15, -0.1) is 0 Å². The Balaban J connectivity index is 1.79. The Labute approximate surface area is 169 Å². The predicted molar refractivity (Wildman–Crippen MR) is 114 cm³/mol. The lowest BCUT2D eigenvalue weighted by molar-refractivity contribution is 0.102. The molecule has 3 aromatic rings. The van der Waals surface area contributed by atoms with E-state index in [-0.39, 0.29) is 11.9 Å². The predicted octanol–water partition coefficient (Wildman–Crippen LogP) is 3.68. The van der Waals surface area contributed by atoms with Crippen LogP contribution in [0.15, 0.2) is 36.7 Å². The van der Waals surface area contributed by atoms with Gasteiger partial charge in [-0.1, -0.05) is 12.1 Å². The zero-order valence-corrected chi connectivity index (χ0v) is 17.0. The molecule has 1 N–H and O–H groups in total. The number of carbonyl (C=O) groups excluding carboxylic acids is 2. The molecule has 2 aromatic heterocycles. The van der Waals surface area contributed by atoms with Gasteiger partial charge in [-0.2, -0.15) is 0 Å². The third-order valence-corrected chi connectivity index (χ3v) is 5.36. The van der Waals surface area contributed by atoms with Crippen LogP contribution in [0.4, 0.5) is 16.2 Å². The maximum atomic E-state index is 13.0. The van der Waals surface area contributed by atoms with E-state index in [1.165, 1.54) is 0 Å². The number of hydrogen-bond donors (Lipinski definition) is 1. The molecule has 0 aliphatic carbocycles. The molecule has 1 aromatic carbocycles. The van der Waals surface area contributed by atoms with Crippen molar-refractivity contribution in [2.75, 3.05) is 30.4 Å². The third kappa shape index (κ3) is 3.18. The fourth-order valence-electron chi connectivity index (χ4n) is 3.84. The Kier molecular flexibility index (Phi) is 4.66. The van der Waals surface area contributed by atoms with Crippen LogP contribution in [0.5, 0.6) is 0 Å². The van der Waals surface area contributed by atoms with Gasteiger partial charge in [-0.25, -0.2) is 4.79 Å². The lowest BCUT2D eigenvalue weighted by Gasteiger charge is -2.21. The molecule has 1 aliphatic rings. The number of carbonyl (C=O) groups is 2. The number of rotatable bonds is 3. The Hall–Kier alpha value is -3.48. The van der Waals surface area contributed by atoms with Crippen LogP contribution in [0.2, 0.25) is 0 Å². The number of aromatic nitrogens is 2. The Bertz CT molecular complexity index is 1120. The number of fused-ring (bicyclic) bond motifs is 1. The number of hydrogen-bond acceptors (Lipinski definition) is 4. The highest BCUT2D eigenvalue weighted by molar-refractivity contribution is 6.12. The maximum Gasteiger partial charge on any atom is 0.324 e. The third-order valence-electron chi connectivity index (χ3n) is 5.36. The summed E-state index contributed by atoms with van der Waals surface area (Å²) < 4.78 is 0. The molecule has 0 atom stereocenters. The van der Waals surface area contributed by atoms with Gasteiger partial charge >= 0.3 is 6.03 Å². The van der Waals surface area contributed by atoms with E-state index in [1.54, 1.807) is 29.2 Å². The average Bonchev–Trinajstić information content (AvgIpc) is 3.00. The summed E-state index contributed by atoms with van der Waals surface area (Å²) in [7, 11) is 1.80. The molecular formula is C22H23N5O2.